The first-order chi connectivity index (χ1) is 25.3. The molecule has 0 fully saturated rings. The zero-order valence-electron chi connectivity index (χ0n) is 27.7. The lowest BCUT2D eigenvalue weighted by molar-refractivity contribution is 0.473. The molecule has 0 aliphatic carbocycles. The van der Waals surface area contributed by atoms with Crippen molar-refractivity contribution in [2.24, 2.45) is 0 Å². The molecule has 0 amide bonds. The second kappa shape index (κ2) is 11.9. The number of para-hydroxylation sites is 5. The molecule has 0 spiro atoms. The van der Waals surface area contributed by atoms with Crippen LogP contribution in [0, 0.1) is 0 Å². The Kier molecular flexibility index (Phi) is 6.81. The van der Waals surface area contributed by atoms with Gasteiger partial charge < -0.3 is 14.0 Å². The van der Waals surface area contributed by atoms with E-state index in [2.05, 4.69) is 162 Å². The number of rotatable bonds is 3. The summed E-state index contributed by atoms with van der Waals surface area (Å²) in [5.41, 5.74) is 11.6. The van der Waals surface area contributed by atoms with Crippen molar-refractivity contribution in [1.82, 2.24) is 4.57 Å². The fourth-order valence-corrected chi connectivity index (χ4v) is 7.60. The van der Waals surface area contributed by atoms with E-state index in [0.717, 1.165) is 78.7 Å². The number of benzene rings is 8. The topological polar surface area (TPSA) is 23.4 Å². The Labute approximate surface area is 296 Å². The predicted molar refractivity (Wildman–Crippen MR) is 209 cm³/mol. The Morgan fingerprint density at radius 2 is 0.922 bits per heavy atom. The summed E-state index contributed by atoms with van der Waals surface area (Å²) >= 11 is 0. The summed E-state index contributed by atoms with van der Waals surface area (Å²) in [4.78, 5) is 0. The molecule has 1 aliphatic heterocycles. The van der Waals surface area contributed by atoms with E-state index in [4.69, 9.17) is 9.47 Å². The van der Waals surface area contributed by atoms with Gasteiger partial charge in [-0.15, -0.1) is 0 Å². The van der Waals surface area contributed by atoms with Gasteiger partial charge in [-0.3, -0.25) is 0 Å². The van der Waals surface area contributed by atoms with Crippen LogP contribution in [0.1, 0.15) is 0 Å². The van der Waals surface area contributed by atoms with Gasteiger partial charge in [-0.05, 0) is 59.2 Å². The highest BCUT2D eigenvalue weighted by Gasteiger charge is 2.25. The third kappa shape index (κ3) is 4.82. The molecule has 0 atom stereocenters. The van der Waals surface area contributed by atoms with Crippen LogP contribution in [-0.2, 0) is 0 Å². The van der Waals surface area contributed by atoms with Gasteiger partial charge in [0.15, 0.2) is 0 Å². The number of fused-ring (bicyclic) bond motifs is 9. The quantitative estimate of drug-likeness (QED) is 0.189. The van der Waals surface area contributed by atoms with Crippen molar-refractivity contribution in [3.63, 3.8) is 0 Å². The minimum absolute atomic E-state index is 0.760. The second-order valence-electron chi connectivity index (χ2n) is 12.8. The molecule has 3 nitrogen and oxygen atoms in total. The molecule has 0 radical (unpaired) electrons. The maximum atomic E-state index is 7.25. The lowest BCUT2D eigenvalue weighted by atomic mass is 9.91. The summed E-state index contributed by atoms with van der Waals surface area (Å²) in [6.45, 7) is 0. The van der Waals surface area contributed by atoms with E-state index in [-0.39, 0.29) is 0 Å². The van der Waals surface area contributed by atoms with Crippen LogP contribution in [0.15, 0.2) is 188 Å². The zero-order chi connectivity index (χ0) is 33.7. The first-order valence-electron chi connectivity index (χ1n) is 17.3. The van der Waals surface area contributed by atoms with Crippen LogP contribution < -0.4 is 9.47 Å². The van der Waals surface area contributed by atoms with Gasteiger partial charge in [-0.1, -0.05) is 146 Å². The van der Waals surface area contributed by atoms with E-state index in [9.17, 15) is 0 Å². The minimum Gasteiger partial charge on any atom is -0.456 e. The van der Waals surface area contributed by atoms with Gasteiger partial charge in [0.05, 0.1) is 11.0 Å². The number of ether oxygens (including phenoxy) is 2. The lowest BCUT2D eigenvalue weighted by Crippen LogP contribution is -2.00. The first kappa shape index (κ1) is 29.1. The highest BCUT2D eigenvalue weighted by molar-refractivity contribution is 6.10. The van der Waals surface area contributed by atoms with E-state index >= 15 is 0 Å². The molecule has 9 aromatic rings. The Morgan fingerprint density at radius 3 is 1.76 bits per heavy atom. The van der Waals surface area contributed by atoms with E-state index in [1.807, 2.05) is 30.3 Å². The van der Waals surface area contributed by atoms with Crippen LogP contribution >= 0.6 is 0 Å². The summed E-state index contributed by atoms with van der Waals surface area (Å²) < 4.78 is 16.5. The van der Waals surface area contributed by atoms with Gasteiger partial charge in [-0.25, -0.2) is 0 Å². The van der Waals surface area contributed by atoms with Crippen molar-refractivity contribution in [3.05, 3.63) is 188 Å². The van der Waals surface area contributed by atoms with E-state index in [1.54, 1.807) is 0 Å². The van der Waals surface area contributed by atoms with E-state index < -0.39 is 0 Å². The van der Waals surface area contributed by atoms with Crippen molar-refractivity contribution in [1.29, 1.82) is 0 Å². The molecule has 2 heterocycles. The number of aromatic nitrogens is 1. The molecule has 10 rings (SSSR count). The largest absolute Gasteiger partial charge is 0.456 e. The van der Waals surface area contributed by atoms with Crippen LogP contribution in [0.25, 0.3) is 72.0 Å². The molecular formula is C48H31NO2. The van der Waals surface area contributed by atoms with Gasteiger partial charge in [0.2, 0.25) is 0 Å². The summed E-state index contributed by atoms with van der Waals surface area (Å²) in [7, 11) is 0. The maximum absolute atomic E-state index is 7.25. The second-order valence-corrected chi connectivity index (χ2v) is 12.8. The molecule has 0 bridgehead atoms. The molecule has 0 saturated carbocycles. The summed E-state index contributed by atoms with van der Waals surface area (Å²) in [6, 6.07) is 65.7. The molecule has 0 saturated heterocycles. The smallest absolute Gasteiger partial charge is 0.143 e. The highest BCUT2D eigenvalue weighted by Crippen LogP contribution is 2.52. The monoisotopic (exact) mass is 653 g/mol. The number of hydrogen-bond donors (Lipinski definition) is 0. The van der Waals surface area contributed by atoms with Crippen molar-refractivity contribution in [2.45, 2.75) is 0 Å². The van der Waals surface area contributed by atoms with Gasteiger partial charge in [-0.2, -0.15) is 0 Å². The van der Waals surface area contributed by atoms with Gasteiger partial charge in [0.1, 0.15) is 23.0 Å². The summed E-state index contributed by atoms with van der Waals surface area (Å²) in [5, 5.41) is 2.44. The highest BCUT2D eigenvalue weighted by atomic mass is 16.5. The van der Waals surface area contributed by atoms with Gasteiger partial charge in [0.25, 0.3) is 0 Å². The van der Waals surface area contributed by atoms with Crippen LogP contribution in [0.4, 0.5) is 0 Å². The third-order valence-corrected chi connectivity index (χ3v) is 9.89. The fourth-order valence-electron chi connectivity index (χ4n) is 7.60. The number of hydrogen-bond acceptors (Lipinski definition) is 2. The van der Waals surface area contributed by atoms with Crippen LogP contribution in [-0.4, -0.2) is 4.57 Å². The minimum atomic E-state index is 0.760. The van der Waals surface area contributed by atoms with Crippen LogP contribution in [0.2, 0.25) is 0 Å². The van der Waals surface area contributed by atoms with Crippen molar-refractivity contribution < 1.29 is 9.47 Å². The maximum Gasteiger partial charge on any atom is 0.143 e. The molecule has 1 aromatic heterocycles. The van der Waals surface area contributed by atoms with Crippen molar-refractivity contribution in [3.8, 4) is 73.2 Å². The van der Waals surface area contributed by atoms with Crippen molar-refractivity contribution in [2.75, 3.05) is 0 Å². The molecular weight excluding hydrogens is 623 g/mol. The average molecular weight is 654 g/mol. The molecule has 1 aliphatic rings. The first-order valence-corrected chi connectivity index (χ1v) is 17.3. The zero-order valence-corrected chi connectivity index (χ0v) is 27.7. The third-order valence-electron chi connectivity index (χ3n) is 9.89. The van der Waals surface area contributed by atoms with Gasteiger partial charge >= 0.3 is 0 Å². The summed E-state index contributed by atoms with van der Waals surface area (Å²) in [6.07, 6.45) is 0. The SMILES string of the molecule is c1ccc(-c2cccc3c2Oc2cccc(-c4ccc5c6ccccc6n(-c6ccccc6)c5c4)c2-c2ccccc2Oc2ccccc2-3)cc1. The number of nitrogens with zero attached hydrogens (tertiary/aromatic N) is 1. The Bertz CT molecular complexity index is 2740. The molecule has 8 aromatic carbocycles. The molecule has 0 unspecified atom stereocenters. The molecule has 3 heteroatoms. The lowest BCUT2D eigenvalue weighted by Gasteiger charge is -2.24. The Balaban J connectivity index is 1.26. The molecule has 0 N–H and O–H groups in total. The van der Waals surface area contributed by atoms with Crippen LogP contribution in [0.5, 0.6) is 23.0 Å². The van der Waals surface area contributed by atoms with E-state index in [0.29, 0.717) is 0 Å². The van der Waals surface area contributed by atoms with E-state index in [1.165, 1.54) is 16.3 Å². The Morgan fingerprint density at radius 1 is 0.333 bits per heavy atom. The average Bonchev–Trinajstić information content (AvgIpc) is 3.53. The van der Waals surface area contributed by atoms with Gasteiger partial charge in [0, 0.05) is 44.3 Å². The van der Waals surface area contributed by atoms with Crippen LogP contribution in [0.3, 0.4) is 0 Å². The standard InChI is InChI=1S/C48H31NO2/c1-3-15-32(16-4-1)36-23-13-24-40-39-20-8-11-26-44(39)50-45-27-12-9-21-41(45)47-35(22-14-28-46(47)51-48(36)40)33-29-30-38-37-19-7-10-25-42(37)49(43(38)31-33)34-17-5-2-6-18-34/h1-31H. The normalized spacial score (nSPS) is 11.8. The predicted octanol–water partition coefficient (Wildman–Crippen LogP) is 13.3. The molecule has 240 valence electrons. The Hall–Kier alpha value is -6.84. The summed E-state index contributed by atoms with van der Waals surface area (Å²) in [5.74, 6) is 3.09. The fraction of sp³-hybridized carbons (Fsp3) is 0. The van der Waals surface area contributed by atoms with Crippen molar-refractivity contribution >= 4 is 21.8 Å². The molecule has 51 heavy (non-hydrogen) atoms.